The molecule has 1 saturated heterocycles. The van der Waals surface area contributed by atoms with Crippen molar-refractivity contribution in [2.75, 3.05) is 11.9 Å². The maximum absolute atomic E-state index is 13.1. The summed E-state index contributed by atoms with van der Waals surface area (Å²) >= 11 is 0. The zero-order chi connectivity index (χ0) is 20.1. The molecule has 3 atom stereocenters. The number of hydrogen-bond donors (Lipinski definition) is 2. The van der Waals surface area contributed by atoms with Gasteiger partial charge < -0.3 is 10.6 Å². The highest BCUT2D eigenvalue weighted by atomic mass is 16.1. The Morgan fingerprint density at radius 3 is 2.90 bits per heavy atom. The fourth-order valence-electron chi connectivity index (χ4n) is 6.47. The van der Waals surface area contributed by atoms with E-state index in [0.717, 1.165) is 35.3 Å². The molecule has 1 saturated carbocycles. The highest BCUT2D eigenvalue weighted by Gasteiger charge is 2.51. The molecule has 4 heteroatoms. The lowest BCUT2D eigenvalue weighted by molar-refractivity contribution is 0.0799. The quantitative estimate of drug-likeness (QED) is 0.651. The van der Waals surface area contributed by atoms with Gasteiger partial charge in [-0.2, -0.15) is 0 Å². The highest BCUT2D eigenvalue weighted by molar-refractivity contribution is 6.05. The molecule has 2 bridgehead atoms. The van der Waals surface area contributed by atoms with E-state index in [1.165, 1.54) is 43.2 Å². The summed E-state index contributed by atoms with van der Waals surface area (Å²) in [4.78, 5) is 17.5. The number of anilines is 1. The predicted octanol–water partition coefficient (Wildman–Crippen LogP) is 4.83. The first-order valence-corrected chi connectivity index (χ1v) is 11.3. The zero-order valence-electron chi connectivity index (χ0n) is 17.2. The summed E-state index contributed by atoms with van der Waals surface area (Å²) < 4.78 is 0. The molecule has 0 spiro atoms. The zero-order valence-corrected chi connectivity index (χ0v) is 17.2. The van der Waals surface area contributed by atoms with E-state index in [2.05, 4.69) is 33.8 Å². The van der Waals surface area contributed by atoms with E-state index < -0.39 is 0 Å². The van der Waals surface area contributed by atoms with Crippen LogP contribution in [0.2, 0.25) is 0 Å². The lowest BCUT2D eigenvalue weighted by atomic mass is 9.52. The van der Waals surface area contributed by atoms with Gasteiger partial charge in [0, 0.05) is 28.7 Å². The van der Waals surface area contributed by atoms with E-state index in [1.807, 2.05) is 30.3 Å². The van der Waals surface area contributed by atoms with Crippen molar-refractivity contribution in [2.45, 2.75) is 50.0 Å². The van der Waals surface area contributed by atoms with E-state index in [9.17, 15) is 4.79 Å². The number of aromatic nitrogens is 1. The van der Waals surface area contributed by atoms with Crippen molar-refractivity contribution in [1.82, 2.24) is 10.3 Å². The topological polar surface area (TPSA) is 54.0 Å². The Labute approximate surface area is 177 Å². The third-order valence-corrected chi connectivity index (χ3v) is 7.81. The molecule has 0 unspecified atom stereocenters. The molecular weight excluding hydrogens is 370 g/mol. The summed E-state index contributed by atoms with van der Waals surface area (Å²) in [6, 6.07) is 17.0. The third kappa shape index (κ3) is 2.70. The Bertz CT molecular complexity index is 1140. The van der Waals surface area contributed by atoms with Crippen molar-refractivity contribution < 1.29 is 4.79 Å². The molecule has 30 heavy (non-hydrogen) atoms. The summed E-state index contributed by atoms with van der Waals surface area (Å²) in [7, 11) is 0. The normalized spacial score (nSPS) is 27.2. The van der Waals surface area contributed by atoms with Crippen LogP contribution in [0.15, 0.2) is 54.7 Å². The van der Waals surface area contributed by atoms with Crippen molar-refractivity contribution in [1.29, 1.82) is 0 Å². The minimum absolute atomic E-state index is 0.129. The maximum Gasteiger partial charge on any atom is 0.274 e. The number of pyridine rings is 1. The monoisotopic (exact) mass is 397 g/mol. The Morgan fingerprint density at radius 1 is 1.07 bits per heavy atom. The first-order chi connectivity index (χ1) is 14.7. The molecular formula is C26H27N3O. The minimum Gasteiger partial charge on any atom is -0.320 e. The number of amides is 1. The van der Waals surface area contributed by atoms with Crippen LogP contribution in [-0.2, 0) is 11.8 Å². The number of piperidine rings is 1. The molecule has 1 aliphatic heterocycles. The van der Waals surface area contributed by atoms with E-state index in [-0.39, 0.29) is 5.91 Å². The van der Waals surface area contributed by atoms with Gasteiger partial charge in [0.1, 0.15) is 5.69 Å². The Balaban J connectivity index is 1.37. The van der Waals surface area contributed by atoms with Gasteiger partial charge in [-0.1, -0.05) is 49.2 Å². The average Bonchev–Trinajstić information content (AvgIpc) is 2.79. The summed E-state index contributed by atoms with van der Waals surface area (Å²) in [5.41, 5.74) is 4.55. The number of rotatable bonds is 2. The molecule has 2 aromatic carbocycles. The molecule has 3 aliphatic rings. The van der Waals surface area contributed by atoms with Gasteiger partial charge >= 0.3 is 0 Å². The lowest BCUT2D eigenvalue weighted by Gasteiger charge is -2.56. The smallest absolute Gasteiger partial charge is 0.274 e. The van der Waals surface area contributed by atoms with Gasteiger partial charge in [0.25, 0.3) is 5.91 Å². The van der Waals surface area contributed by atoms with E-state index in [1.54, 1.807) is 6.20 Å². The molecule has 1 aromatic heterocycles. The van der Waals surface area contributed by atoms with Gasteiger partial charge in [-0.3, -0.25) is 9.78 Å². The number of carbonyl (C=O) groups excluding carboxylic acids is 1. The fraction of sp³-hybridized carbons (Fsp3) is 0.385. The standard InChI is InChI=1S/C26H27N3O/c30-25(24-14-17-6-1-2-7-18(17)16-28-24)29-22-10-5-9-20-19(22)15-23-21-8-3-4-11-26(20,21)12-13-27-23/h1-2,5-7,9-10,14,16,21,23,27H,3-4,8,11-13,15H2,(H,29,30)/t21-,23+,26-/m0/s1. The number of benzene rings is 2. The Morgan fingerprint density at radius 2 is 1.97 bits per heavy atom. The molecule has 2 N–H and O–H groups in total. The van der Waals surface area contributed by atoms with Crippen LogP contribution in [0.1, 0.15) is 53.7 Å². The molecule has 0 radical (unpaired) electrons. The molecule has 2 aliphatic carbocycles. The van der Waals surface area contributed by atoms with E-state index >= 15 is 0 Å². The fourth-order valence-corrected chi connectivity index (χ4v) is 6.47. The molecule has 152 valence electrons. The summed E-state index contributed by atoms with van der Waals surface area (Å²) in [6.45, 7) is 1.11. The third-order valence-electron chi connectivity index (χ3n) is 7.81. The van der Waals surface area contributed by atoms with Crippen LogP contribution in [0.4, 0.5) is 5.69 Å². The molecule has 4 nitrogen and oxygen atoms in total. The first-order valence-electron chi connectivity index (χ1n) is 11.3. The largest absolute Gasteiger partial charge is 0.320 e. The van der Waals surface area contributed by atoms with Crippen molar-refractivity contribution >= 4 is 22.4 Å². The number of fused-ring (bicyclic) bond motifs is 2. The molecule has 1 amide bonds. The predicted molar refractivity (Wildman–Crippen MR) is 120 cm³/mol. The van der Waals surface area contributed by atoms with Crippen LogP contribution >= 0.6 is 0 Å². The van der Waals surface area contributed by atoms with Gasteiger partial charge in [-0.15, -0.1) is 0 Å². The number of nitrogens with zero attached hydrogens (tertiary/aromatic N) is 1. The second-order valence-electron chi connectivity index (χ2n) is 9.23. The summed E-state index contributed by atoms with van der Waals surface area (Å²) in [5.74, 6) is 0.608. The Hall–Kier alpha value is -2.72. The summed E-state index contributed by atoms with van der Waals surface area (Å²) in [5, 5.41) is 9.08. The SMILES string of the molecule is O=C(Nc1cccc2c1C[C@H]1NCC[C@@]23CCCC[C@@H]13)c1cc2ccccc2cn1. The van der Waals surface area contributed by atoms with Crippen LogP contribution in [0.3, 0.4) is 0 Å². The van der Waals surface area contributed by atoms with E-state index in [0.29, 0.717) is 17.2 Å². The van der Waals surface area contributed by atoms with Crippen LogP contribution in [0.5, 0.6) is 0 Å². The highest BCUT2D eigenvalue weighted by Crippen LogP contribution is 2.54. The average molecular weight is 398 g/mol. The number of nitrogens with one attached hydrogen (secondary N) is 2. The van der Waals surface area contributed by atoms with E-state index in [4.69, 9.17) is 0 Å². The van der Waals surface area contributed by atoms with Crippen LogP contribution in [0, 0.1) is 5.92 Å². The molecule has 2 fully saturated rings. The van der Waals surface area contributed by atoms with Crippen molar-refractivity contribution in [3.8, 4) is 0 Å². The second kappa shape index (κ2) is 6.92. The first kappa shape index (κ1) is 18.1. The number of hydrogen-bond acceptors (Lipinski definition) is 3. The second-order valence-corrected chi connectivity index (χ2v) is 9.23. The lowest BCUT2D eigenvalue weighted by Crippen LogP contribution is -2.59. The van der Waals surface area contributed by atoms with Crippen LogP contribution < -0.4 is 10.6 Å². The van der Waals surface area contributed by atoms with Crippen molar-refractivity contribution in [3.63, 3.8) is 0 Å². The molecule has 2 heterocycles. The van der Waals surface area contributed by atoms with Crippen LogP contribution in [-0.4, -0.2) is 23.5 Å². The maximum atomic E-state index is 13.1. The van der Waals surface area contributed by atoms with Crippen molar-refractivity contribution in [3.05, 3.63) is 71.5 Å². The van der Waals surface area contributed by atoms with Crippen LogP contribution in [0.25, 0.3) is 10.8 Å². The minimum atomic E-state index is -0.129. The number of carbonyl (C=O) groups is 1. The molecule has 6 rings (SSSR count). The Kier molecular flexibility index (Phi) is 4.17. The van der Waals surface area contributed by atoms with Gasteiger partial charge in [-0.05, 0) is 66.8 Å². The molecule has 3 aromatic rings. The van der Waals surface area contributed by atoms with Gasteiger partial charge in [0.2, 0.25) is 0 Å². The van der Waals surface area contributed by atoms with Crippen molar-refractivity contribution in [2.24, 2.45) is 5.92 Å². The summed E-state index contributed by atoms with van der Waals surface area (Å²) in [6.07, 6.45) is 9.28. The van der Waals surface area contributed by atoms with Gasteiger partial charge in [0.05, 0.1) is 0 Å². The van der Waals surface area contributed by atoms with Gasteiger partial charge in [-0.25, -0.2) is 0 Å². The van der Waals surface area contributed by atoms with Gasteiger partial charge in [0.15, 0.2) is 0 Å².